The van der Waals surface area contributed by atoms with E-state index in [1.807, 2.05) is 73.7 Å². The Morgan fingerprint density at radius 1 is 1.11 bits per heavy atom. The Hall–Kier alpha value is -2.27. The molecule has 5 heteroatoms. The number of halogens is 1. The van der Waals surface area contributed by atoms with Crippen molar-refractivity contribution in [2.45, 2.75) is 70.9 Å². The maximum absolute atomic E-state index is 14.7. The van der Waals surface area contributed by atoms with Crippen LogP contribution in [0, 0.1) is 28.6 Å². The van der Waals surface area contributed by atoms with Crippen LogP contribution in [0.1, 0.15) is 57.1 Å². The largest absolute Gasteiger partial charge is 0.373 e. The number of Topliss-reactive ketones (excluding diaryl/α,β-unsaturated/α-hetero) is 1. The third-order valence-corrected chi connectivity index (χ3v) is 9.61. The lowest BCUT2D eigenvalue weighted by Gasteiger charge is -2.50. The molecule has 2 aromatic rings. The number of carbonyl (C=O) groups excluding carboxylic acids is 1. The topological polar surface area (TPSA) is 59.3 Å². The van der Waals surface area contributed by atoms with Crippen molar-refractivity contribution >= 4 is 28.4 Å². The van der Waals surface area contributed by atoms with Crippen molar-refractivity contribution in [2.24, 2.45) is 17.3 Å². The standard InChI is InChI=1S/C32H36INO3/c1-4-31(3)28(36-21-24-11-7-5-8-12-24)16-15-26(20-34)29(31)30(35)32(18-17-23(2)27(33)19-32)37-22-25-13-9-6-10-14-25/h4-14,26,28-29H,1,15-19,21-22H2,2-3H3/t26-,28-,29-,31+,32-/m0/s1. The molecule has 0 aliphatic heterocycles. The minimum atomic E-state index is -0.975. The summed E-state index contributed by atoms with van der Waals surface area (Å²) >= 11 is 2.36. The Morgan fingerprint density at radius 2 is 1.73 bits per heavy atom. The van der Waals surface area contributed by atoms with E-state index in [0.29, 0.717) is 38.9 Å². The number of nitriles is 1. The van der Waals surface area contributed by atoms with Crippen molar-refractivity contribution < 1.29 is 14.3 Å². The highest BCUT2D eigenvalue weighted by Gasteiger charge is 2.56. The molecule has 0 amide bonds. The fraction of sp³-hybridized carbons (Fsp3) is 0.438. The number of rotatable bonds is 9. The molecule has 1 saturated carbocycles. The second-order valence-electron chi connectivity index (χ2n) is 10.6. The smallest absolute Gasteiger partial charge is 0.170 e. The van der Waals surface area contributed by atoms with Crippen LogP contribution in [0.15, 0.2) is 82.5 Å². The minimum absolute atomic E-state index is 0.0204. The van der Waals surface area contributed by atoms with Gasteiger partial charge in [0, 0.05) is 17.8 Å². The highest BCUT2D eigenvalue weighted by atomic mass is 127. The van der Waals surface area contributed by atoms with Crippen LogP contribution in [-0.4, -0.2) is 17.5 Å². The van der Waals surface area contributed by atoms with Crippen LogP contribution in [-0.2, 0) is 27.5 Å². The van der Waals surface area contributed by atoms with Gasteiger partial charge in [-0.05, 0) is 69.9 Å². The Balaban J connectivity index is 1.66. The molecule has 0 aromatic heterocycles. The number of ether oxygens (including phenoxy) is 2. The molecule has 0 saturated heterocycles. The molecule has 2 aliphatic carbocycles. The lowest BCUT2D eigenvalue weighted by atomic mass is 9.57. The Bertz CT molecular complexity index is 1170. The molecule has 0 bridgehead atoms. The van der Waals surface area contributed by atoms with Crippen molar-refractivity contribution in [3.8, 4) is 6.07 Å². The second kappa shape index (κ2) is 12.1. The van der Waals surface area contributed by atoms with Gasteiger partial charge < -0.3 is 9.47 Å². The highest BCUT2D eigenvalue weighted by molar-refractivity contribution is 14.1. The van der Waals surface area contributed by atoms with Gasteiger partial charge in [-0.1, -0.05) is 79.2 Å². The summed E-state index contributed by atoms with van der Waals surface area (Å²) in [5.41, 5.74) is 1.77. The van der Waals surface area contributed by atoms with Gasteiger partial charge in [0.15, 0.2) is 5.78 Å². The predicted octanol–water partition coefficient (Wildman–Crippen LogP) is 7.73. The van der Waals surface area contributed by atoms with Gasteiger partial charge in [-0.2, -0.15) is 5.26 Å². The first-order valence-electron chi connectivity index (χ1n) is 13.1. The number of allylic oxidation sites excluding steroid dienone is 1. The average Bonchev–Trinajstić information content (AvgIpc) is 2.93. The first-order chi connectivity index (χ1) is 17.8. The van der Waals surface area contributed by atoms with E-state index < -0.39 is 22.9 Å². The van der Waals surface area contributed by atoms with E-state index >= 15 is 0 Å². The van der Waals surface area contributed by atoms with Crippen LogP contribution in [0.25, 0.3) is 0 Å². The molecule has 4 rings (SSSR count). The molecule has 0 radical (unpaired) electrons. The predicted molar refractivity (Wildman–Crippen MR) is 155 cm³/mol. The SMILES string of the molecule is C=C[C@]1(C)[C@@H](OCc2ccccc2)CC[C@@H](C#N)[C@H]1C(=O)[C@]1(OCc2ccccc2)CCC(C)=C(I)C1. The quantitative estimate of drug-likeness (QED) is 0.216. The van der Waals surface area contributed by atoms with Crippen molar-refractivity contribution in [1.29, 1.82) is 5.26 Å². The normalized spacial score (nSPS) is 29.9. The van der Waals surface area contributed by atoms with Crippen molar-refractivity contribution in [2.75, 3.05) is 0 Å². The van der Waals surface area contributed by atoms with Gasteiger partial charge in [-0.15, -0.1) is 6.58 Å². The second-order valence-corrected chi connectivity index (χ2v) is 11.9. The summed E-state index contributed by atoms with van der Waals surface area (Å²) in [5, 5.41) is 10.2. The first kappa shape index (κ1) is 27.8. The van der Waals surface area contributed by atoms with Crippen LogP contribution in [0.3, 0.4) is 0 Å². The molecule has 0 spiro atoms. The number of ketones is 1. The molecule has 37 heavy (non-hydrogen) atoms. The van der Waals surface area contributed by atoms with E-state index in [9.17, 15) is 10.1 Å². The molecule has 1 fully saturated rings. The fourth-order valence-corrected chi connectivity index (χ4v) is 6.72. The van der Waals surface area contributed by atoms with E-state index in [4.69, 9.17) is 9.47 Å². The summed E-state index contributed by atoms with van der Waals surface area (Å²) in [5.74, 6) is -0.941. The summed E-state index contributed by atoms with van der Waals surface area (Å²) in [6.45, 7) is 9.15. The summed E-state index contributed by atoms with van der Waals surface area (Å²) in [7, 11) is 0. The van der Waals surface area contributed by atoms with Gasteiger partial charge in [0.1, 0.15) is 5.60 Å². The maximum Gasteiger partial charge on any atom is 0.170 e. The van der Waals surface area contributed by atoms with Crippen molar-refractivity contribution in [1.82, 2.24) is 0 Å². The molecule has 0 N–H and O–H groups in total. The lowest BCUT2D eigenvalue weighted by Crippen LogP contribution is -2.57. The van der Waals surface area contributed by atoms with Crippen LogP contribution in [0.5, 0.6) is 0 Å². The zero-order chi connectivity index (χ0) is 26.5. The Labute approximate surface area is 234 Å². The van der Waals surface area contributed by atoms with Crippen LogP contribution < -0.4 is 0 Å². The van der Waals surface area contributed by atoms with E-state index in [1.165, 1.54) is 9.15 Å². The highest BCUT2D eigenvalue weighted by Crippen LogP contribution is 2.51. The molecule has 5 atom stereocenters. The number of hydrogen-bond acceptors (Lipinski definition) is 4. The minimum Gasteiger partial charge on any atom is -0.373 e. The van der Waals surface area contributed by atoms with Gasteiger partial charge >= 0.3 is 0 Å². The van der Waals surface area contributed by atoms with Gasteiger partial charge in [0.05, 0.1) is 31.3 Å². The molecule has 0 unspecified atom stereocenters. The summed E-state index contributed by atoms with van der Waals surface area (Å²) < 4.78 is 14.2. The number of benzene rings is 2. The first-order valence-corrected chi connectivity index (χ1v) is 14.2. The van der Waals surface area contributed by atoms with Crippen LogP contribution in [0.4, 0.5) is 0 Å². The molecule has 2 aliphatic rings. The summed E-state index contributed by atoms with van der Waals surface area (Å²) in [6.07, 6.45) is 4.95. The average molecular weight is 610 g/mol. The van der Waals surface area contributed by atoms with Gasteiger partial charge in [-0.25, -0.2) is 0 Å². The van der Waals surface area contributed by atoms with Gasteiger partial charge in [0.2, 0.25) is 0 Å². The molecular weight excluding hydrogens is 573 g/mol. The molecule has 4 nitrogen and oxygen atoms in total. The monoisotopic (exact) mass is 609 g/mol. The van der Waals surface area contributed by atoms with E-state index in [1.54, 1.807) is 0 Å². The number of hydrogen-bond donors (Lipinski definition) is 0. The molecule has 194 valence electrons. The third kappa shape index (κ3) is 5.92. The molecular formula is C32H36INO3. The van der Waals surface area contributed by atoms with Gasteiger partial charge in [0.25, 0.3) is 0 Å². The summed E-state index contributed by atoms with van der Waals surface area (Å²) in [6, 6.07) is 22.5. The fourth-order valence-electron chi connectivity index (χ4n) is 5.84. The van der Waals surface area contributed by atoms with E-state index in [2.05, 4.69) is 42.2 Å². The van der Waals surface area contributed by atoms with E-state index in [-0.39, 0.29) is 11.9 Å². The van der Waals surface area contributed by atoms with Gasteiger partial charge in [-0.3, -0.25) is 4.79 Å². The van der Waals surface area contributed by atoms with Crippen molar-refractivity contribution in [3.05, 3.63) is 93.6 Å². The zero-order valence-electron chi connectivity index (χ0n) is 21.8. The zero-order valence-corrected chi connectivity index (χ0v) is 23.9. The van der Waals surface area contributed by atoms with Crippen molar-refractivity contribution in [3.63, 3.8) is 0 Å². The number of nitrogens with zero attached hydrogens (tertiary/aromatic N) is 1. The maximum atomic E-state index is 14.7. The Morgan fingerprint density at radius 3 is 2.30 bits per heavy atom. The van der Waals surface area contributed by atoms with Crippen LogP contribution in [0.2, 0.25) is 0 Å². The molecule has 0 heterocycles. The van der Waals surface area contributed by atoms with Crippen LogP contribution >= 0.6 is 22.6 Å². The Kier molecular flexibility index (Phi) is 9.05. The lowest BCUT2D eigenvalue weighted by molar-refractivity contribution is -0.166. The molecule has 2 aromatic carbocycles. The van der Waals surface area contributed by atoms with E-state index in [0.717, 1.165) is 17.5 Å². The number of carbonyl (C=O) groups is 1. The third-order valence-electron chi connectivity index (χ3n) is 8.30. The summed E-state index contributed by atoms with van der Waals surface area (Å²) in [4.78, 5) is 14.7.